The lowest BCUT2D eigenvalue weighted by molar-refractivity contribution is 0.397. The zero-order valence-electron chi connectivity index (χ0n) is 11.4. The minimum atomic E-state index is -3.76. The molecule has 1 heterocycles. The van der Waals surface area contributed by atoms with Crippen molar-refractivity contribution in [2.45, 2.75) is 17.9 Å². The van der Waals surface area contributed by atoms with Crippen molar-refractivity contribution in [1.29, 1.82) is 0 Å². The SMILES string of the molecule is CC(c1ccc(F)cc1)N(C)S(=O)(=O)c1cnc(Cl)nc1. The molecule has 0 aliphatic heterocycles. The molecule has 0 saturated heterocycles. The van der Waals surface area contributed by atoms with Crippen LogP contribution in [-0.2, 0) is 10.0 Å². The summed E-state index contributed by atoms with van der Waals surface area (Å²) < 4.78 is 39.0. The molecular formula is C13H13ClFN3O2S. The summed E-state index contributed by atoms with van der Waals surface area (Å²) >= 11 is 5.55. The first-order chi connectivity index (χ1) is 9.82. The van der Waals surface area contributed by atoms with Crippen molar-refractivity contribution in [2.75, 3.05) is 7.05 Å². The molecule has 0 radical (unpaired) electrons. The topological polar surface area (TPSA) is 63.2 Å². The van der Waals surface area contributed by atoms with Crippen LogP contribution in [-0.4, -0.2) is 29.7 Å². The highest BCUT2D eigenvalue weighted by Gasteiger charge is 2.27. The molecule has 0 bridgehead atoms. The van der Waals surface area contributed by atoms with Crippen molar-refractivity contribution < 1.29 is 12.8 Å². The number of halogens is 2. The van der Waals surface area contributed by atoms with E-state index in [1.54, 1.807) is 19.1 Å². The average Bonchev–Trinajstić information content (AvgIpc) is 2.47. The maximum absolute atomic E-state index is 12.9. The molecule has 1 aromatic heterocycles. The molecule has 0 N–H and O–H groups in total. The summed E-state index contributed by atoms with van der Waals surface area (Å²) in [4.78, 5) is 7.29. The van der Waals surface area contributed by atoms with Crippen molar-refractivity contribution >= 4 is 21.6 Å². The summed E-state index contributed by atoms with van der Waals surface area (Å²) in [7, 11) is -2.31. The fourth-order valence-electron chi connectivity index (χ4n) is 1.76. The van der Waals surface area contributed by atoms with E-state index in [9.17, 15) is 12.8 Å². The lowest BCUT2D eigenvalue weighted by atomic mass is 10.1. The average molecular weight is 330 g/mol. The molecule has 112 valence electrons. The molecule has 8 heteroatoms. The summed E-state index contributed by atoms with van der Waals surface area (Å²) in [5.74, 6) is -0.373. The van der Waals surface area contributed by atoms with Gasteiger partial charge >= 0.3 is 0 Å². The summed E-state index contributed by atoms with van der Waals surface area (Å²) in [6, 6.07) is 5.20. The summed E-state index contributed by atoms with van der Waals surface area (Å²) in [5.41, 5.74) is 0.678. The van der Waals surface area contributed by atoms with E-state index in [0.717, 1.165) is 12.4 Å². The number of sulfonamides is 1. The van der Waals surface area contributed by atoms with E-state index < -0.39 is 16.1 Å². The molecule has 5 nitrogen and oxygen atoms in total. The third-order valence-electron chi connectivity index (χ3n) is 3.17. The summed E-state index contributed by atoms with van der Waals surface area (Å²) in [6.07, 6.45) is 2.30. The van der Waals surface area contributed by atoms with Crippen LogP contribution in [0.1, 0.15) is 18.5 Å². The highest BCUT2D eigenvalue weighted by Crippen LogP contribution is 2.25. The van der Waals surface area contributed by atoms with Gasteiger partial charge in [0.25, 0.3) is 0 Å². The predicted octanol–water partition coefficient (Wildman–Crippen LogP) is 2.65. The van der Waals surface area contributed by atoms with Gasteiger partial charge in [-0.15, -0.1) is 0 Å². The highest BCUT2D eigenvalue weighted by molar-refractivity contribution is 7.89. The molecule has 0 amide bonds. The van der Waals surface area contributed by atoms with Crippen LogP contribution < -0.4 is 0 Å². The van der Waals surface area contributed by atoms with E-state index in [-0.39, 0.29) is 16.0 Å². The van der Waals surface area contributed by atoms with Crippen molar-refractivity contribution in [3.63, 3.8) is 0 Å². The molecule has 21 heavy (non-hydrogen) atoms. The van der Waals surface area contributed by atoms with Gasteiger partial charge in [-0.25, -0.2) is 22.8 Å². The van der Waals surface area contributed by atoms with E-state index in [1.807, 2.05) is 0 Å². The van der Waals surface area contributed by atoms with Crippen LogP contribution in [0.15, 0.2) is 41.6 Å². The van der Waals surface area contributed by atoms with Crippen LogP contribution in [0, 0.1) is 5.82 Å². The second-order valence-electron chi connectivity index (χ2n) is 4.44. The molecule has 1 aromatic carbocycles. The van der Waals surface area contributed by atoms with E-state index in [4.69, 9.17) is 11.6 Å². The molecular weight excluding hydrogens is 317 g/mol. The van der Waals surface area contributed by atoms with Crippen LogP contribution in [0.25, 0.3) is 0 Å². The number of nitrogens with zero attached hydrogens (tertiary/aromatic N) is 3. The normalized spacial score (nSPS) is 13.4. The van der Waals surface area contributed by atoms with Crippen molar-refractivity contribution in [2.24, 2.45) is 0 Å². The Labute approximate surface area is 127 Å². The van der Waals surface area contributed by atoms with Crippen LogP contribution in [0.3, 0.4) is 0 Å². The fourth-order valence-corrected chi connectivity index (χ4v) is 3.10. The van der Waals surface area contributed by atoms with Crippen LogP contribution >= 0.6 is 11.6 Å². The van der Waals surface area contributed by atoms with Crippen molar-refractivity contribution in [1.82, 2.24) is 14.3 Å². The molecule has 1 atom stereocenters. The highest BCUT2D eigenvalue weighted by atomic mass is 35.5. The second kappa shape index (κ2) is 6.05. The molecule has 0 aliphatic rings. The first-order valence-electron chi connectivity index (χ1n) is 6.03. The van der Waals surface area contributed by atoms with Gasteiger partial charge in [-0.05, 0) is 36.2 Å². The largest absolute Gasteiger partial charge is 0.246 e. The van der Waals surface area contributed by atoms with Gasteiger partial charge < -0.3 is 0 Å². The number of aromatic nitrogens is 2. The Balaban J connectivity index is 2.31. The summed E-state index contributed by atoms with van der Waals surface area (Å²) in [6.45, 7) is 1.71. The first-order valence-corrected chi connectivity index (χ1v) is 7.85. The van der Waals surface area contributed by atoms with Gasteiger partial charge in [0.05, 0.1) is 12.4 Å². The molecule has 0 fully saturated rings. The predicted molar refractivity (Wildman–Crippen MR) is 76.8 cm³/mol. The Hall–Kier alpha value is -1.57. The Kier molecular flexibility index (Phi) is 4.55. The third kappa shape index (κ3) is 3.37. The maximum atomic E-state index is 12.9. The van der Waals surface area contributed by atoms with E-state index >= 15 is 0 Å². The van der Waals surface area contributed by atoms with Gasteiger partial charge in [0.15, 0.2) is 0 Å². The van der Waals surface area contributed by atoms with Gasteiger partial charge in [-0.3, -0.25) is 0 Å². The number of benzene rings is 1. The zero-order valence-corrected chi connectivity index (χ0v) is 12.9. The Morgan fingerprint density at radius 3 is 2.24 bits per heavy atom. The Bertz CT molecular complexity index is 720. The minimum Gasteiger partial charge on any atom is -0.225 e. The summed E-state index contributed by atoms with van der Waals surface area (Å²) in [5, 5.41) is -0.0248. The second-order valence-corrected chi connectivity index (χ2v) is 6.77. The lowest BCUT2D eigenvalue weighted by Gasteiger charge is -2.24. The smallest absolute Gasteiger partial charge is 0.225 e. The minimum absolute atomic E-state index is 0.0248. The Morgan fingerprint density at radius 2 is 1.71 bits per heavy atom. The number of hydrogen-bond donors (Lipinski definition) is 0. The zero-order chi connectivity index (χ0) is 15.6. The molecule has 0 spiro atoms. The molecule has 1 unspecified atom stereocenters. The Morgan fingerprint density at radius 1 is 1.19 bits per heavy atom. The van der Waals surface area contributed by atoms with Gasteiger partial charge in [-0.2, -0.15) is 4.31 Å². The van der Waals surface area contributed by atoms with Gasteiger partial charge in [0.2, 0.25) is 15.3 Å². The van der Waals surface area contributed by atoms with Crippen LogP contribution in [0.5, 0.6) is 0 Å². The van der Waals surface area contributed by atoms with E-state index in [0.29, 0.717) is 5.56 Å². The maximum Gasteiger partial charge on any atom is 0.246 e. The standard InChI is InChI=1S/C13H13ClFN3O2S/c1-9(10-3-5-11(15)6-4-10)18(2)21(19,20)12-7-16-13(14)17-8-12/h3-9H,1-2H3. The van der Waals surface area contributed by atoms with E-state index in [2.05, 4.69) is 9.97 Å². The van der Waals surface area contributed by atoms with Gasteiger partial charge in [0.1, 0.15) is 10.7 Å². The van der Waals surface area contributed by atoms with Crippen LogP contribution in [0.4, 0.5) is 4.39 Å². The number of hydrogen-bond acceptors (Lipinski definition) is 4. The van der Waals surface area contributed by atoms with Crippen molar-refractivity contribution in [3.8, 4) is 0 Å². The van der Waals surface area contributed by atoms with Crippen molar-refractivity contribution in [3.05, 3.63) is 53.3 Å². The quantitative estimate of drug-likeness (QED) is 0.809. The van der Waals surface area contributed by atoms with Gasteiger partial charge in [-0.1, -0.05) is 12.1 Å². The van der Waals surface area contributed by atoms with E-state index in [1.165, 1.54) is 23.5 Å². The van der Waals surface area contributed by atoms with Crippen LogP contribution in [0.2, 0.25) is 5.28 Å². The number of rotatable bonds is 4. The molecule has 2 aromatic rings. The lowest BCUT2D eigenvalue weighted by Crippen LogP contribution is -2.30. The molecule has 2 rings (SSSR count). The first kappa shape index (κ1) is 15.8. The molecule has 0 aliphatic carbocycles. The third-order valence-corrected chi connectivity index (χ3v) is 5.25. The molecule has 0 saturated carbocycles. The van der Waals surface area contributed by atoms with Gasteiger partial charge in [0, 0.05) is 13.1 Å². The monoisotopic (exact) mass is 329 g/mol. The fraction of sp³-hybridized carbons (Fsp3) is 0.231.